The van der Waals surface area contributed by atoms with Gasteiger partial charge in [0.2, 0.25) is 0 Å². The van der Waals surface area contributed by atoms with Crippen LogP contribution in [0.2, 0.25) is 0 Å². The Hall–Kier alpha value is -0.290. The summed E-state index contributed by atoms with van der Waals surface area (Å²) >= 11 is 0. The van der Waals surface area contributed by atoms with Gasteiger partial charge in [-0.3, -0.25) is 0 Å². The van der Waals surface area contributed by atoms with E-state index in [4.69, 9.17) is 10.5 Å². The minimum absolute atomic E-state index is 0.00760. The second-order valence-electron chi connectivity index (χ2n) is 3.83. The van der Waals surface area contributed by atoms with E-state index in [0.29, 0.717) is 0 Å². The summed E-state index contributed by atoms with van der Waals surface area (Å²) in [5.41, 5.74) is 5.11. The Balaban J connectivity index is 3.96. The highest BCUT2D eigenvalue weighted by Crippen LogP contribution is 2.25. The van der Waals surface area contributed by atoms with Crippen molar-refractivity contribution in [1.29, 1.82) is 0 Å². The molecule has 0 saturated carbocycles. The highest BCUT2D eigenvalue weighted by molar-refractivity contribution is 4.68. The Bertz CT molecular complexity index is 161. The first-order chi connectivity index (χ1) is 6.91. The van der Waals surface area contributed by atoms with Crippen LogP contribution in [0.4, 0.5) is 13.2 Å². The van der Waals surface area contributed by atoms with Crippen molar-refractivity contribution in [3.8, 4) is 0 Å². The largest absolute Gasteiger partial charge is 0.414 e. The van der Waals surface area contributed by atoms with E-state index in [-0.39, 0.29) is 25.5 Å². The molecule has 5 heteroatoms. The zero-order valence-electron chi connectivity index (χ0n) is 9.31. The molecule has 0 fully saturated rings. The maximum absolute atomic E-state index is 12.4. The molecule has 0 heterocycles. The van der Waals surface area contributed by atoms with E-state index in [0.717, 1.165) is 12.8 Å². The van der Waals surface area contributed by atoms with E-state index < -0.39 is 12.3 Å². The van der Waals surface area contributed by atoms with Gasteiger partial charge in [0.05, 0.1) is 0 Å². The van der Waals surface area contributed by atoms with Crippen LogP contribution >= 0.6 is 0 Å². The van der Waals surface area contributed by atoms with Crippen LogP contribution in [0.5, 0.6) is 0 Å². The van der Waals surface area contributed by atoms with E-state index >= 15 is 0 Å². The normalized spacial score (nSPS) is 16.4. The molecule has 0 aliphatic carbocycles. The maximum atomic E-state index is 12.4. The van der Waals surface area contributed by atoms with Crippen molar-refractivity contribution in [2.24, 2.45) is 11.7 Å². The average Bonchev–Trinajstić information content (AvgIpc) is 2.10. The van der Waals surface area contributed by atoms with E-state index in [2.05, 4.69) is 0 Å². The molecule has 0 saturated heterocycles. The molecule has 15 heavy (non-hydrogen) atoms. The van der Waals surface area contributed by atoms with Crippen molar-refractivity contribution in [2.45, 2.75) is 45.4 Å². The molecule has 0 amide bonds. The van der Waals surface area contributed by atoms with Gasteiger partial charge in [0.1, 0.15) is 0 Å². The van der Waals surface area contributed by atoms with E-state index in [1.54, 1.807) is 0 Å². The van der Waals surface area contributed by atoms with Crippen molar-refractivity contribution in [2.75, 3.05) is 13.2 Å². The summed E-state index contributed by atoms with van der Waals surface area (Å²) in [6.45, 7) is 4.03. The molecule has 0 bridgehead atoms. The standard InChI is InChI=1S/C10H20F3NO/c1-3-4-8(2)7-15-9(5-6-14)10(11,12)13/h8-9H,3-7,14H2,1-2H3. The van der Waals surface area contributed by atoms with Gasteiger partial charge in [-0.15, -0.1) is 0 Å². The van der Waals surface area contributed by atoms with Gasteiger partial charge in [-0.05, 0) is 25.3 Å². The van der Waals surface area contributed by atoms with Gasteiger partial charge in [-0.1, -0.05) is 20.3 Å². The Morgan fingerprint density at radius 1 is 1.27 bits per heavy atom. The fourth-order valence-electron chi connectivity index (χ4n) is 1.35. The summed E-state index contributed by atoms with van der Waals surface area (Å²) in [6.07, 6.45) is -4.33. The summed E-state index contributed by atoms with van der Waals surface area (Å²) in [5.74, 6) is 0.164. The number of nitrogens with two attached hydrogens (primary N) is 1. The Labute approximate surface area is 89.0 Å². The molecule has 0 aromatic carbocycles. The van der Waals surface area contributed by atoms with E-state index in [1.165, 1.54) is 0 Å². The number of halogens is 3. The van der Waals surface area contributed by atoms with Crippen molar-refractivity contribution in [1.82, 2.24) is 0 Å². The van der Waals surface area contributed by atoms with Gasteiger partial charge >= 0.3 is 6.18 Å². The first kappa shape index (κ1) is 14.7. The lowest BCUT2D eigenvalue weighted by molar-refractivity contribution is -0.224. The van der Waals surface area contributed by atoms with Crippen LogP contribution in [-0.4, -0.2) is 25.4 Å². The fraction of sp³-hybridized carbons (Fsp3) is 1.00. The van der Waals surface area contributed by atoms with Gasteiger partial charge in [0.25, 0.3) is 0 Å². The maximum Gasteiger partial charge on any atom is 0.414 e. The van der Waals surface area contributed by atoms with E-state index in [1.807, 2.05) is 13.8 Å². The van der Waals surface area contributed by atoms with Gasteiger partial charge in [0.15, 0.2) is 6.10 Å². The third kappa shape index (κ3) is 6.73. The highest BCUT2D eigenvalue weighted by Gasteiger charge is 2.39. The Morgan fingerprint density at radius 3 is 2.27 bits per heavy atom. The van der Waals surface area contributed by atoms with Crippen LogP contribution in [0, 0.1) is 5.92 Å². The second-order valence-corrected chi connectivity index (χ2v) is 3.83. The van der Waals surface area contributed by atoms with Crippen molar-refractivity contribution in [3.05, 3.63) is 0 Å². The first-order valence-corrected chi connectivity index (χ1v) is 5.30. The number of hydrogen-bond acceptors (Lipinski definition) is 2. The smallest absolute Gasteiger partial charge is 0.368 e. The number of ether oxygens (including phenoxy) is 1. The third-order valence-electron chi connectivity index (χ3n) is 2.16. The Kier molecular flexibility index (Phi) is 6.92. The SMILES string of the molecule is CCCC(C)COC(CCN)C(F)(F)F. The van der Waals surface area contributed by atoms with E-state index in [9.17, 15) is 13.2 Å². The quantitative estimate of drug-likeness (QED) is 0.725. The van der Waals surface area contributed by atoms with Crippen LogP contribution in [0.25, 0.3) is 0 Å². The molecule has 2 atom stereocenters. The van der Waals surface area contributed by atoms with Crippen molar-refractivity contribution in [3.63, 3.8) is 0 Å². The molecule has 0 rings (SSSR count). The summed E-state index contributed by atoms with van der Waals surface area (Å²) in [4.78, 5) is 0. The van der Waals surface area contributed by atoms with Gasteiger partial charge in [-0.2, -0.15) is 13.2 Å². The first-order valence-electron chi connectivity index (χ1n) is 5.30. The van der Waals surface area contributed by atoms with Gasteiger partial charge in [-0.25, -0.2) is 0 Å². The van der Waals surface area contributed by atoms with Crippen molar-refractivity contribution < 1.29 is 17.9 Å². The highest BCUT2D eigenvalue weighted by atomic mass is 19.4. The second kappa shape index (κ2) is 7.06. The number of rotatable bonds is 7. The summed E-state index contributed by atoms with van der Waals surface area (Å²) in [6, 6.07) is 0. The van der Waals surface area contributed by atoms with Gasteiger partial charge < -0.3 is 10.5 Å². The fourth-order valence-corrected chi connectivity index (χ4v) is 1.35. The molecule has 0 aliphatic heterocycles. The summed E-state index contributed by atoms with van der Waals surface area (Å²) < 4.78 is 41.9. The zero-order valence-corrected chi connectivity index (χ0v) is 9.31. The van der Waals surface area contributed by atoms with Gasteiger partial charge in [0, 0.05) is 6.61 Å². The van der Waals surface area contributed by atoms with Crippen LogP contribution in [0.3, 0.4) is 0 Å². The van der Waals surface area contributed by atoms with Crippen molar-refractivity contribution >= 4 is 0 Å². The monoisotopic (exact) mass is 227 g/mol. The molecular weight excluding hydrogens is 207 g/mol. The minimum Gasteiger partial charge on any atom is -0.368 e. The predicted octanol–water partition coefficient (Wildman–Crippen LogP) is 2.72. The molecule has 2 N–H and O–H groups in total. The molecule has 92 valence electrons. The van der Waals surface area contributed by atoms with Crippen LogP contribution in [-0.2, 0) is 4.74 Å². The molecule has 0 radical (unpaired) electrons. The third-order valence-corrected chi connectivity index (χ3v) is 2.16. The van der Waals surface area contributed by atoms with Crippen LogP contribution in [0.15, 0.2) is 0 Å². The lowest BCUT2D eigenvalue weighted by atomic mass is 10.1. The predicted molar refractivity (Wildman–Crippen MR) is 53.5 cm³/mol. The van der Waals surface area contributed by atoms with Crippen LogP contribution < -0.4 is 5.73 Å². The molecule has 0 aromatic heterocycles. The minimum atomic E-state index is -4.30. The Morgan fingerprint density at radius 2 is 1.87 bits per heavy atom. The molecular formula is C10H20F3NO. The molecule has 2 unspecified atom stereocenters. The molecule has 0 aliphatic rings. The molecule has 2 nitrogen and oxygen atoms in total. The topological polar surface area (TPSA) is 35.2 Å². The zero-order chi connectivity index (χ0) is 11.9. The van der Waals surface area contributed by atoms with Crippen LogP contribution in [0.1, 0.15) is 33.1 Å². The summed E-state index contributed by atoms with van der Waals surface area (Å²) in [5, 5.41) is 0. The molecule has 0 aromatic rings. The molecule has 0 spiro atoms. The lowest BCUT2D eigenvalue weighted by Crippen LogP contribution is -2.34. The number of alkyl halides is 3. The lowest BCUT2D eigenvalue weighted by Gasteiger charge is -2.22. The number of hydrogen-bond donors (Lipinski definition) is 1. The average molecular weight is 227 g/mol. The summed E-state index contributed by atoms with van der Waals surface area (Å²) in [7, 11) is 0.